The normalized spacial score (nSPS) is 34.4. The molecule has 1 heteroatoms. The minimum Gasteiger partial charge on any atom is -0.150 e. The lowest BCUT2D eigenvalue weighted by Gasteiger charge is -2.39. The second-order valence-electron chi connectivity index (χ2n) is 5.20. The zero-order chi connectivity index (χ0) is 10.8. The quantitative estimate of drug-likeness (QED) is 0.669. The molecule has 1 aromatic carbocycles. The van der Waals surface area contributed by atoms with Crippen LogP contribution in [0.3, 0.4) is 0 Å². The van der Waals surface area contributed by atoms with Crippen LogP contribution in [0, 0.1) is 5.92 Å². The highest BCUT2D eigenvalue weighted by atomic mass is 32.2. The number of fused-ring (bicyclic) bond motifs is 1. The van der Waals surface area contributed by atoms with E-state index in [1.165, 1.54) is 38.5 Å². The predicted molar refractivity (Wildman–Crippen MR) is 71.8 cm³/mol. The lowest BCUT2D eigenvalue weighted by Crippen LogP contribution is -2.27. The largest absolute Gasteiger partial charge is 0.150 e. The number of rotatable bonds is 1. The van der Waals surface area contributed by atoms with Crippen molar-refractivity contribution < 1.29 is 0 Å². The first kappa shape index (κ1) is 10.7. The van der Waals surface area contributed by atoms with Gasteiger partial charge in [0, 0.05) is 10.5 Å². The summed E-state index contributed by atoms with van der Waals surface area (Å²) in [5.74, 6) is 1.04. The van der Waals surface area contributed by atoms with Crippen LogP contribution >= 0.6 is 11.8 Å². The molecule has 1 aliphatic carbocycles. The van der Waals surface area contributed by atoms with E-state index in [1.54, 1.807) is 5.56 Å². The van der Waals surface area contributed by atoms with Crippen molar-refractivity contribution in [3.05, 3.63) is 35.9 Å². The Bertz CT molecular complexity index is 333. The minimum absolute atomic E-state index is 0.778. The number of thioether (sulfide) groups is 1. The molecule has 2 aliphatic rings. The average molecular weight is 232 g/mol. The first-order valence-electron chi connectivity index (χ1n) is 6.64. The highest BCUT2D eigenvalue weighted by molar-refractivity contribution is 8.00. The number of hydrogen-bond acceptors (Lipinski definition) is 1. The summed E-state index contributed by atoms with van der Waals surface area (Å²) in [6.45, 7) is 0. The molecule has 3 rings (SSSR count). The molecule has 16 heavy (non-hydrogen) atoms. The fraction of sp³-hybridized carbons (Fsp3) is 0.600. The maximum atomic E-state index is 2.31. The molecule has 3 atom stereocenters. The SMILES string of the molecule is c1ccc(C2CCC3CCCCC3S2)cc1. The first-order chi connectivity index (χ1) is 7.93. The Morgan fingerprint density at radius 1 is 0.875 bits per heavy atom. The zero-order valence-electron chi connectivity index (χ0n) is 9.77. The van der Waals surface area contributed by atoms with E-state index in [0.29, 0.717) is 0 Å². The van der Waals surface area contributed by atoms with Crippen LogP contribution in [0.1, 0.15) is 49.3 Å². The third kappa shape index (κ3) is 2.15. The summed E-state index contributed by atoms with van der Waals surface area (Å²) in [5, 5.41) is 1.74. The fourth-order valence-corrected chi connectivity index (χ4v) is 5.05. The van der Waals surface area contributed by atoms with Crippen molar-refractivity contribution in [3.8, 4) is 0 Å². The van der Waals surface area contributed by atoms with E-state index in [9.17, 15) is 0 Å². The molecule has 86 valence electrons. The van der Waals surface area contributed by atoms with E-state index in [4.69, 9.17) is 0 Å². The van der Waals surface area contributed by atoms with Crippen molar-refractivity contribution >= 4 is 11.8 Å². The van der Waals surface area contributed by atoms with Crippen LogP contribution in [0.5, 0.6) is 0 Å². The maximum Gasteiger partial charge on any atom is 0.0300 e. The smallest absolute Gasteiger partial charge is 0.0300 e. The molecule has 0 amide bonds. The third-order valence-electron chi connectivity index (χ3n) is 4.15. The Morgan fingerprint density at radius 3 is 2.56 bits per heavy atom. The van der Waals surface area contributed by atoms with Gasteiger partial charge in [0.05, 0.1) is 0 Å². The van der Waals surface area contributed by atoms with Gasteiger partial charge in [0.25, 0.3) is 0 Å². The summed E-state index contributed by atoms with van der Waals surface area (Å²) in [7, 11) is 0. The summed E-state index contributed by atoms with van der Waals surface area (Å²) in [5.41, 5.74) is 1.55. The van der Waals surface area contributed by atoms with Gasteiger partial charge in [0.2, 0.25) is 0 Å². The number of hydrogen-bond donors (Lipinski definition) is 0. The molecule has 0 aromatic heterocycles. The summed E-state index contributed by atoms with van der Waals surface area (Å²) < 4.78 is 0. The van der Waals surface area contributed by atoms with E-state index in [0.717, 1.165) is 16.4 Å². The van der Waals surface area contributed by atoms with Crippen molar-refractivity contribution in [1.29, 1.82) is 0 Å². The molecule has 3 unspecified atom stereocenters. The van der Waals surface area contributed by atoms with E-state index >= 15 is 0 Å². The van der Waals surface area contributed by atoms with Crippen molar-refractivity contribution in [3.63, 3.8) is 0 Å². The van der Waals surface area contributed by atoms with E-state index < -0.39 is 0 Å². The van der Waals surface area contributed by atoms with Crippen molar-refractivity contribution in [1.82, 2.24) is 0 Å². The zero-order valence-corrected chi connectivity index (χ0v) is 10.6. The molecule has 1 aromatic rings. The minimum atomic E-state index is 0.778. The van der Waals surface area contributed by atoms with Gasteiger partial charge in [-0.05, 0) is 37.2 Å². The van der Waals surface area contributed by atoms with Crippen LogP contribution in [0.2, 0.25) is 0 Å². The molecule has 0 N–H and O–H groups in total. The topological polar surface area (TPSA) is 0 Å². The van der Waals surface area contributed by atoms with Gasteiger partial charge in [-0.15, -0.1) is 0 Å². The Balaban J connectivity index is 1.71. The second kappa shape index (κ2) is 4.83. The Labute approximate surface area is 103 Å². The third-order valence-corrected chi connectivity index (χ3v) is 5.96. The van der Waals surface area contributed by atoms with Crippen molar-refractivity contribution in [2.45, 2.75) is 49.0 Å². The Kier molecular flexibility index (Phi) is 3.23. The summed E-state index contributed by atoms with van der Waals surface area (Å²) in [6, 6.07) is 11.1. The standard InChI is InChI=1S/C15H20S/c1-2-6-12(7-3-1)15-11-10-13-8-4-5-9-14(13)16-15/h1-3,6-7,13-15H,4-5,8-11H2. The van der Waals surface area contributed by atoms with Crippen LogP contribution in [0.15, 0.2) is 30.3 Å². The Hall–Kier alpha value is -0.430. The molecule has 2 fully saturated rings. The van der Waals surface area contributed by atoms with Crippen LogP contribution in [0.25, 0.3) is 0 Å². The lowest BCUT2D eigenvalue weighted by atomic mass is 9.84. The monoisotopic (exact) mass is 232 g/mol. The van der Waals surface area contributed by atoms with Gasteiger partial charge in [-0.3, -0.25) is 0 Å². The summed E-state index contributed by atoms with van der Waals surface area (Å²) in [4.78, 5) is 0. The molecule has 1 heterocycles. The second-order valence-corrected chi connectivity index (χ2v) is 6.64. The molecule has 1 saturated carbocycles. The van der Waals surface area contributed by atoms with Gasteiger partial charge in [-0.25, -0.2) is 0 Å². The van der Waals surface area contributed by atoms with Crippen LogP contribution in [-0.4, -0.2) is 5.25 Å². The van der Waals surface area contributed by atoms with E-state index in [2.05, 4.69) is 42.1 Å². The van der Waals surface area contributed by atoms with E-state index in [-0.39, 0.29) is 0 Å². The highest BCUT2D eigenvalue weighted by Crippen LogP contribution is 2.49. The van der Waals surface area contributed by atoms with E-state index in [1.807, 2.05) is 0 Å². The first-order valence-corrected chi connectivity index (χ1v) is 7.58. The van der Waals surface area contributed by atoms with Crippen molar-refractivity contribution in [2.24, 2.45) is 5.92 Å². The lowest BCUT2D eigenvalue weighted by molar-refractivity contribution is 0.330. The van der Waals surface area contributed by atoms with Crippen LogP contribution < -0.4 is 0 Å². The predicted octanol–water partition coefficient (Wildman–Crippen LogP) is 4.81. The molecular formula is C15H20S. The summed E-state index contributed by atoms with van der Waals surface area (Å²) >= 11 is 2.27. The Morgan fingerprint density at radius 2 is 1.69 bits per heavy atom. The molecule has 1 aliphatic heterocycles. The van der Waals surface area contributed by atoms with Crippen LogP contribution in [0.4, 0.5) is 0 Å². The molecular weight excluding hydrogens is 212 g/mol. The average Bonchev–Trinajstić information content (AvgIpc) is 2.39. The van der Waals surface area contributed by atoms with Gasteiger partial charge in [0.15, 0.2) is 0 Å². The molecule has 0 spiro atoms. The molecule has 0 bridgehead atoms. The van der Waals surface area contributed by atoms with Crippen molar-refractivity contribution in [2.75, 3.05) is 0 Å². The fourth-order valence-electron chi connectivity index (χ4n) is 3.24. The van der Waals surface area contributed by atoms with Gasteiger partial charge in [0.1, 0.15) is 0 Å². The maximum absolute atomic E-state index is 2.31. The van der Waals surface area contributed by atoms with Gasteiger partial charge in [-0.1, -0.05) is 43.2 Å². The molecule has 0 radical (unpaired) electrons. The van der Waals surface area contributed by atoms with Gasteiger partial charge in [-0.2, -0.15) is 11.8 Å². The molecule has 0 nitrogen and oxygen atoms in total. The van der Waals surface area contributed by atoms with Gasteiger partial charge >= 0.3 is 0 Å². The molecule has 1 saturated heterocycles. The number of benzene rings is 1. The highest BCUT2D eigenvalue weighted by Gasteiger charge is 2.33. The summed E-state index contributed by atoms with van der Waals surface area (Å²) in [6.07, 6.45) is 8.79. The van der Waals surface area contributed by atoms with Gasteiger partial charge < -0.3 is 0 Å². The van der Waals surface area contributed by atoms with Crippen LogP contribution in [-0.2, 0) is 0 Å².